The molecule has 0 atom stereocenters. The van der Waals surface area contributed by atoms with Crippen molar-refractivity contribution in [2.75, 3.05) is 0 Å². The summed E-state index contributed by atoms with van der Waals surface area (Å²) in [6, 6.07) is 0. The van der Waals surface area contributed by atoms with Crippen LogP contribution in [0.15, 0.2) is 0 Å². The van der Waals surface area contributed by atoms with Crippen molar-refractivity contribution in [3.8, 4) is 0 Å². The Morgan fingerprint density at radius 1 is 1.33 bits per heavy atom. The Kier molecular flexibility index (Phi) is 6.45. The topological polar surface area (TPSA) is 112 Å². The van der Waals surface area contributed by atoms with E-state index in [1.54, 1.807) is 0 Å². The van der Waals surface area contributed by atoms with Crippen molar-refractivity contribution in [2.24, 2.45) is 0 Å². The summed E-state index contributed by atoms with van der Waals surface area (Å²) in [5, 5.41) is 0. The molecule has 0 bridgehead atoms. The van der Waals surface area contributed by atoms with Crippen molar-refractivity contribution in [3.05, 3.63) is 0 Å². The fourth-order valence-electron chi connectivity index (χ4n) is 0. The van der Waals surface area contributed by atoms with Crippen LogP contribution in [0.2, 0.25) is 0 Å². The summed E-state index contributed by atoms with van der Waals surface area (Å²) >= 11 is -3.29. The van der Waals surface area contributed by atoms with E-state index in [0.29, 0.717) is 0 Å². The van der Waals surface area contributed by atoms with Gasteiger partial charge in [-0.25, -0.2) is 0 Å². The van der Waals surface area contributed by atoms with E-state index in [0.717, 1.165) is 0 Å². The molecule has 0 aliphatic rings. The summed E-state index contributed by atoms with van der Waals surface area (Å²) in [7, 11) is -5.17. The standard InChI is InChI=1S/FHO3S.H2O3Se/c1-5(2,3)4;1-4(2)3/h(H,2,3,4);(H2,1,2,3). The van der Waals surface area contributed by atoms with Gasteiger partial charge in [0.2, 0.25) is 0 Å². The van der Waals surface area contributed by atoms with Gasteiger partial charge in [0.05, 0.1) is 0 Å². The van der Waals surface area contributed by atoms with E-state index < -0.39 is 25.0 Å². The van der Waals surface area contributed by atoms with E-state index in [-0.39, 0.29) is 0 Å². The zero-order chi connectivity index (χ0) is 8.08. The van der Waals surface area contributed by atoms with Crippen LogP contribution >= 0.6 is 0 Å². The molecule has 3 N–H and O–H groups in total. The minimum atomic E-state index is -5.17. The minimum absolute atomic E-state index is 3.29. The van der Waals surface area contributed by atoms with Crippen molar-refractivity contribution >= 4 is 25.0 Å². The van der Waals surface area contributed by atoms with Gasteiger partial charge in [0.1, 0.15) is 0 Å². The quantitative estimate of drug-likeness (QED) is 0.255. The van der Waals surface area contributed by atoms with Crippen molar-refractivity contribution in [2.45, 2.75) is 0 Å². The van der Waals surface area contributed by atoms with Crippen LogP contribution in [0.3, 0.4) is 0 Å². The van der Waals surface area contributed by atoms with Gasteiger partial charge in [-0.1, -0.05) is 3.89 Å². The summed E-state index contributed by atoms with van der Waals surface area (Å²) in [6.45, 7) is 0. The van der Waals surface area contributed by atoms with Crippen LogP contribution in [-0.4, -0.2) is 35.8 Å². The van der Waals surface area contributed by atoms with Gasteiger partial charge in [0.15, 0.2) is 0 Å². The van der Waals surface area contributed by atoms with Crippen LogP contribution < -0.4 is 0 Å². The fourth-order valence-corrected chi connectivity index (χ4v) is 0. The predicted octanol–water partition coefficient (Wildman–Crippen LogP) is -1.85. The molecule has 0 saturated carbocycles. The molecule has 0 spiro atoms. The van der Waals surface area contributed by atoms with Gasteiger partial charge in [-0.2, -0.15) is 8.42 Å². The molecule has 0 aromatic rings. The first-order valence-corrected chi connectivity index (χ1v) is 4.77. The second kappa shape index (κ2) is 4.91. The second-order valence-corrected chi connectivity index (χ2v) is 2.44. The maximum absolute atomic E-state index is 10.2. The molecule has 9 heteroatoms. The van der Waals surface area contributed by atoms with Crippen molar-refractivity contribution < 1.29 is 29.1 Å². The van der Waals surface area contributed by atoms with Crippen LogP contribution in [0.25, 0.3) is 0 Å². The summed E-state index contributed by atoms with van der Waals surface area (Å²) in [5.41, 5.74) is 0. The van der Waals surface area contributed by atoms with Crippen molar-refractivity contribution in [1.29, 1.82) is 0 Å². The van der Waals surface area contributed by atoms with Crippen LogP contribution in [0.5, 0.6) is 0 Å². The molecule has 0 aliphatic heterocycles. The Balaban J connectivity index is 0. The van der Waals surface area contributed by atoms with E-state index in [9.17, 15) is 3.89 Å². The first-order chi connectivity index (χ1) is 3.73. The number of halogens is 1. The molecule has 0 aromatic heterocycles. The van der Waals surface area contributed by atoms with Gasteiger partial charge in [-0.3, -0.25) is 4.55 Å². The molecule has 0 saturated heterocycles. The second-order valence-electron chi connectivity index (χ2n) is 0.643. The molecule has 0 amide bonds. The first kappa shape index (κ1) is 11.8. The summed E-state index contributed by atoms with van der Waals surface area (Å²) < 4.78 is 57.2. The summed E-state index contributed by atoms with van der Waals surface area (Å²) in [4.78, 5) is 0. The third-order valence-corrected chi connectivity index (χ3v) is 0. The molecule has 0 aliphatic carbocycles. The number of rotatable bonds is 0. The molecule has 0 unspecified atom stereocenters. The monoisotopic (exact) mass is 230 g/mol. The fraction of sp³-hybridized carbons (Fsp3) is 0. The maximum atomic E-state index is 10.2. The molecule has 6 nitrogen and oxygen atoms in total. The Morgan fingerprint density at radius 3 is 1.33 bits per heavy atom. The zero-order valence-electron chi connectivity index (χ0n) is 3.76. The van der Waals surface area contributed by atoms with Crippen molar-refractivity contribution in [1.82, 2.24) is 0 Å². The number of hydrogen-bond donors (Lipinski definition) is 3. The molecule has 0 heterocycles. The Morgan fingerprint density at radius 2 is 1.33 bits per heavy atom. The SMILES string of the molecule is O=S(=O)(O)F.O=[Se](O)O. The Bertz CT molecular complexity index is 155. The van der Waals surface area contributed by atoms with E-state index in [1.807, 2.05) is 0 Å². The zero-order valence-corrected chi connectivity index (χ0v) is 6.29. The molecule has 0 rings (SSSR count). The molecular weight excluding hydrogens is 226 g/mol. The van der Waals surface area contributed by atoms with Gasteiger partial charge in [-0.05, 0) is 0 Å². The molecule has 58 valence electrons. The van der Waals surface area contributed by atoms with Crippen LogP contribution in [0, 0.1) is 0 Å². The normalized spacial score (nSPS) is 10.3. The van der Waals surface area contributed by atoms with Crippen LogP contribution in [0.1, 0.15) is 0 Å². The first-order valence-electron chi connectivity index (χ1n) is 1.20. The van der Waals surface area contributed by atoms with Crippen LogP contribution in [-0.2, 0) is 14.3 Å². The molecule has 9 heavy (non-hydrogen) atoms. The summed E-state index contributed by atoms with van der Waals surface area (Å²) in [6.07, 6.45) is 0. The Hall–Kier alpha value is 0.0795. The van der Waals surface area contributed by atoms with Gasteiger partial charge >= 0.3 is 37.2 Å². The Labute approximate surface area is 54.7 Å². The van der Waals surface area contributed by atoms with E-state index >= 15 is 0 Å². The van der Waals surface area contributed by atoms with Gasteiger partial charge in [0, 0.05) is 0 Å². The third kappa shape index (κ3) is 47300. The van der Waals surface area contributed by atoms with Gasteiger partial charge in [0.25, 0.3) is 0 Å². The average molecular weight is 229 g/mol. The van der Waals surface area contributed by atoms with E-state index in [2.05, 4.69) is 0 Å². The van der Waals surface area contributed by atoms with Crippen LogP contribution in [0.4, 0.5) is 3.89 Å². The van der Waals surface area contributed by atoms with Gasteiger partial charge in [-0.15, -0.1) is 0 Å². The van der Waals surface area contributed by atoms with E-state index in [1.165, 1.54) is 0 Å². The van der Waals surface area contributed by atoms with Crippen molar-refractivity contribution in [3.63, 3.8) is 0 Å². The average Bonchev–Trinajstić information content (AvgIpc) is 1.19. The molecular formula is H3FO6SSe. The molecule has 0 radical (unpaired) electrons. The predicted molar refractivity (Wildman–Crippen MR) is 23.5 cm³/mol. The van der Waals surface area contributed by atoms with E-state index in [4.69, 9.17) is 25.2 Å². The third-order valence-electron chi connectivity index (χ3n) is 0. The summed E-state index contributed by atoms with van der Waals surface area (Å²) in [5.74, 6) is 0. The van der Waals surface area contributed by atoms with Gasteiger partial charge < -0.3 is 0 Å². The molecule has 0 fully saturated rings. The molecule has 0 aromatic carbocycles. The number of hydrogen-bond acceptors (Lipinski definition) is 3.